The van der Waals surface area contributed by atoms with Gasteiger partial charge in [0.1, 0.15) is 11.6 Å². The standard InChI is InChI=1S/C15H17FO3/c1-15(2)6-4-5-11(15)9-7-10(14(18)19-3)12(16)8-13(9)17/h5,7-8,17H,4,6H2,1-3H3. The molecule has 0 saturated carbocycles. The first-order chi connectivity index (χ1) is 8.86. The minimum absolute atomic E-state index is 0.0945. The molecule has 0 heterocycles. The maximum Gasteiger partial charge on any atom is 0.340 e. The molecule has 1 N–H and O–H groups in total. The zero-order chi connectivity index (χ0) is 14.2. The second kappa shape index (κ2) is 4.68. The monoisotopic (exact) mass is 264 g/mol. The fourth-order valence-electron chi connectivity index (χ4n) is 2.51. The fraction of sp³-hybridized carbons (Fsp3) is 0.400. The Morgan fingerprint density at radius 2 is 2.11 bits per heavy atom. The summed E-state index contributed by atoms with van der Waals surface area (Å²) < 4.78 is 18.2. The first-order valence-corrected chi connectivity index (χ1v) is 6.18. The number of ether oxygens (including phenoxy) is 1. The lowest BCUT2D eigenvalue weighted by Crippen LogP contribution is -2.11. The number of hydrogen-bond acceptors (Lipinski definition) is 3. The van der Waals surface area contributed by atoms with Crippen LogP contribution in [0, 0.1) is 11.2 Å². The van der Waals surface area contributed by atoms with Gasteiger partial charge in [-0.05, 0) is 29.9 Å². The smallest absolute Gasteiger partial charge is 0.340 e. The molecule has 0 bridgehead atoms. The zero-order valence-corrected chi connectivity index (χ0v) is 11.3. The van der Waals surface area contributed by atoms with Gasteiger partial charge >= 0.3 is 5.97 Å². The maximum atomic E-state index is 13.7. The normalized spacial score (nSPS) is 17.2. The van der Waals surface area contributed by atoms with Gasteiger partial charge in [0.2, 0.25) is 0 Å². The molecular weight excluding hydrogens is 247 g/mol. The van der Waals surface area contributed by atoms with Crippen LogP contribution in [0.15, 0.2) is 18.2 Å². The Bertz CT molecular complexity index is 559. The van der Waals surface area contributed by atoms with Gasteiger partial charge in [0.15, 0.2) is 0 Å². The van der Waals surface area contributed by atoms with E-state index in [1.54, 1.807) is 0 Å². The summed E-state index contributed by atoms with van der Waals surface area (Å²) in [5.41, 5.74) is 1.20. The van der Waals surface area contributed by atoms with Crippen LogP contribution in [0.3, 0.4) is 0 Å². The Morgan fingerprint density at radius 3 is 2.63 bits per heavy atom. The SMILES string of the molecule is COC(=O)c1cc(C2=CCCC2(C)C)c(O)cc1F. The molecule has 0 atom stereocenters. The van der Waals surface area contributed by atoms with E-state index in [-0.39, 0.29) is 16.7 Å². The van der Waals surface area contributed by atoms with Crippen molar-refractivity contribution in [3.8, 4) is 5.75 Å². The number of esters is 1. The number of benzene rings is 1. The van der Waals surface area contributed by atoms with Crippen LogP contribution < -0.4 is 0 Å². The molecule has 19 heavy (non-hydrogen) atoms. The van der Waals surface area contributed by atoms with E-state index in [0.29, 0.717) is 5.56 Å². The fourth-order valence-corrected chi connectivity index (χ4v) is 2.51. The summed E-state index contributed by atoms with van der Waals surface area (Å²) in [6.45, 7) is 4.12. The highest BCUT2D eigenvalue weighted by atomic mass is 19.1. The Balaban J connectivity index is 2.56. The topological polar surface area (TPSA) is 46.5 Å². The maximum absolute atomic E-state index is 13.7. The second-order valence-electron chi connectivity index (χ2n) is 5.38. The highest BCUT2D eigenvalue weighted by Crippen LogP contribution is 2.46. The Hall–Kier alpha value is -1.84. The number of hydrogen-bond donors (Lipinski definition) is 1. The van der Waals surface area contributed by atoms with Gasteiger partial charge in [0.25, 0.3) is 0 Å². The van der Waals surface area contributed by atoms with Crippen LogP contribution >= 0.6 is 0 Å². The minimum atomic E-state index is -0.774. The van der Waals surface area contributed by atoms with E-state index >= 15 is 0 Å². The van der Waals surface area contributed by atoms with Gasteiger partial charge in [-0.1, -0.05) is 19.9 Å². The Morgan fingerprint density at radius 1 is 1.42 bits per heavy atom. The van der Waals surface area contributed by atoms with E-state index in [9.17, 15) is 14.3 Å². The largest absolute Gasteiger partial charge is 0.507 e. The molecule has 1 aromatic rings. The summed E-state index contributed by atoms with van der Waals surface area (Å²) in [6.07, 6.45) is 3.90. The predicted octanol–water partition coefficient (Wildman–Crippen LogP) is 3.52. The number of rotatable bonds is 2. The average Bonchev–Trinajstić information content (AvgIpc) is 2.68. The summed E-state index contributed by atoms with van der Waals surface area (Å²) >= 11 is 0. The van der Waals surface area contributed by atoms with Gasteiger partial charge in [-0.25, -0.2) is 9.18 Å². The number of phenols is 1. The van der Waals surface area contributed by atoms with Gasteiger partial charge in [-0.2, -0.15) is 0 Å². The lowest BCUT2D eigenvalue weighted by molar-refractivity contribution is 0.0595. The van der Waals surface area contributed by atoms with Crippen LogP contribution in [-0.4, -0.2) is 18.2 Å². The molecule has 0 aromatic heterocycles. The van der Waals surface area contributed by atoms with E-state index in [1.165, 1.54) is 13.2 Å². The highest BCUT2D eigenvalue weighted by molar-refractivity contribution is 5.92. The second-order valence-corrected chi connectivity index (χ2v) is 5.38. The number of carbonyl (C=O) groups excluding carboxylic acids is 1. The lowest BCUT2D eigenvalue weighted by Gasteiger charge is -2.23. The van der Waals surface area contributed by atoms with E-state index in [0.717, 1.165) is 24.5 Å². The third kappa shape index (κ3) is 2.35. The first kappa shape index (κ1) is 13.6. The van der Waals surface area contributed by atoms with Crippen LogP contribution in [0.25, 0.3) is 5.57 Å². The highest BCUT2D eigenvalue weighted by Gasteiger charge is 2.31. The number of halogens is 1. The van der Waals surface area contributed by atoms with Crippen LogP contribution in [-0.2, 0) is 4.74 Å². The molecule has 3 nitrogen and oxygen atoms in total. The van der Waals surface area contributed by atoms with Gasteiger partial charge in [0.05, 0.1) is 12.7 Å². The number of carbonyl (C=O) groups is 1. The molecular formula is C15H17FO3. The van der Waals surface area contributed by atoms with Gasteiger partial charge in [-0.3, -0.25) is 0 Å². The van der Waals surface area contributed by atoms with Gasteiger partial charge in [-0.15, -0.1) is 0 Å². The van der Waals surface area contributed by atoms with Crippen molar-refractivity contribution in [2.75, 3.05) is 7.11 Å². The summed E-state index contributed by atoms with van der Waals surface area (Å²) in [7, 11) is 1.20. The molecule has 1 aromatic carbocycles. The van der Waals surface area contributed by atoms with Gasteiger partial charge in [0, 0.05) is 11.6 Å². The number of aromatic hydroxyl groups is 1. The molecule has 0 unspecified atom stereocenters. The third-order valence-corrected chi connectivity index (χ3v) is 3.63. The van der Waals surface area contributed by atoms with E-state index in [2.05, 4.69) is 18.6 Å². The molecule has 0 saturated heterocycles. The van der Waals surface area contributed by atoms with Crippen molar-refractivity contribution in [2.45, 2.75) is 26.7 Å². The van der Waals surface area contributed by atoms with Crippen LogP contribution in [0.2, 0.25) is 0 Å². The molecule has 0 radical (unpaired) electrons. The molecule has 0 fully saturated rings. The molecule has 0 aliphatic heterocycles. The predicted molar refractivity (Wildman–Crippen MR) is 70.4 cm³/mol. The molecule has 2 rings (SSSR count). The zero-order valence-electron chi connectivity index (χ0n) is 11.3. The van der Waals surface area contributed by atoms with Crippen molar-refractivity contribution in [2.24, 2.45) is 5.41 Å². The number of phenolic OH excluding ortho intramolecular Hbond substituents is 1. The van der Waals surface area contributed by atoms with Crippen molar-refractivity contribution in [3.63, 3.8) is 0 Å². The van der Waals surface area contributed by atoms with Crippen molar-refractivity contribution in [3.05, 3.63) is 35.2 Å². The van der Waals surface area contributed by atoms with Crippen molar-refractivity contribution in [1.29, 1.82) is 0 Å². The van der Waals surface area contributed by atoms with Crippen LogP contribution in [0.1, 0.15) is 42.6 Å². The third-order valence-electron chi connectivity index (χ3n) is 3.63. The molecule has 4 heteroatoms. The summed E-state index contributed by atoms with van der Waals surface area (Å²) in [6, 6.07) is 2.34. The molecule has 0 amide bonds. The minimum Gasteiger partial charge on any atom is -0.507 e. The first-order valence-electron chi connectivity index (χ1n) is 6.18. The number of methoxy groups -OCH3 is 1. The molecule has 1 aliphatic rings. The average molecular weight is 264 g/mol. The molecule has 102 valence electrons. The molecule has 0 spiro atoms. The Labute approximate surface area is 111 Å². The van der Waals surface area contributed by atoms with Gasteiger partial charge < -0.3 is 9.84 Å². The summed E-state index contributed by atoms with van der Waals surface area (Å²) in [5.74, 6) is -1.66. The van der Waals surface area contributed by atoms with E-state index in [1.807, 2.05) is 6.08 Å². The Kier molecular flexibility index (Phi) is 3.35. The number of allylic oxidation sites excluding steroid dienone is 2. The summed E-state index contributed by atoms with van der Waals surface area (Å²) in [4.78, 5) is 11.5. The van der Waals surface area contributed by atoms with E-state index < -0.39 is 11.8 Å². The van der Waals surface area contributed by atoms with Crippen LogP contribution in [0.4, 0.5) is 4.39 Å². The lowest BCUT2D eigenvalue weighted by atomic mass is 9.81. The van der Waals surface area contributed by atoms with E-state index in [4.69, 9.17) is 0 Å². The summed E-state index contributed by atoms with van der Waals surface area (Å²) in [5, 5.41) is 9.93. The quantitative estimate of drug-likeness (QED) is 0.831. The van der Waals surface area contributed by atoms with Crippen molar-refractivity contribution >= 4 is 11.5 Å². The van der Waals surface area contributed by atoms with Crippen molar-refractivity contribution in [1.82, 2.24) is 0 Å². The van der Waals surface area contributed by atoms with Crippen molar-refractivity contribution < 1.29 is 19.0 Å². The van der Waals surface area contributed by atoms with Crippen LogP contribution in [0.5, 0.6) is 5.75 Å². The molecule has 1 aliphatic carbocycles.